The van der Waals surface area contributed by atoms with Crippen molar-refractivity contribution >= 4 is 12.0 Å². The van der Waals surface area contributed by atoms with Gasteiger partial charge in [0, 0.05) is 30.9 Å². The van der Waals surface area contributed by atoms with Crippen LogP contribution in [0.2, 0.25) is 0 Å². The smallest absolute Gasteiger partial charge is 0.139 e. The number of allylic oxidation sites excluding steroid dienone is 2. The van der Waals surface area contributed by atoms with Crippen molar-refractivity contribution in [3.05, 3.63) is 23.9 Å². The SMILES string of the molecule is C/C=C\N=C/CCCCO[C@@H]1C=C2CCC3C(CC[C@]4(C)C(=O)CCC34)[C@@]2(C)CC1. The van der Waals surface area contributed by atoms with Gasteiger partial charge < -0.3 is 4.74 Å². The molecular weight excluding hydrogens is 370 g/mol. The average molecular weight is 412 g/mol. The lowest BCUT2D eigenvalue weighted by Crippen LogP contribution is -2.50. The number of hydrogen-bond donors (Lipinski definition) is 0. The van der Waals surface area contributed by atoms with E-state index in [0.29, 0.717) is 23.2 Å². The highest BCUT2D eigenvalue weighted by atomic mass is 16.5. The van der Waals surface area contributed by atoms with Crippen LogP contribution in [0.5, 0.6) is 0 Å². The maximum absolute atomic E-state index is 12.6. The van der Waals surface area contributed by atoms with Gasteiger partial charge in [0.2, 0.25) is 0 Å². The molecule has 0 amide bonds. The lowest BCUT2D eigenvalue weighted by molar-refractivity contribution is -0.132. The van der Waals surface area contributed by atoms with Crippen molar-refractivity contribution in [3.63, 3.8) is 0 Å². The second kappa shape index (κ2) is 9.10. The van der Waals surface area contributed by atoms with E-state index in [9.17, 15) is 4.79 Å². The number of Topliss-reactive ketones (excluding diaryl/α,β-unsaturated/α-hetero) is 1. The molecule has 3 heteroatoms. The first-order valence-corrected chi connectivity index (χ1v) is 12.5. The molecule has 0 N–H and O–H groups in total. The number of unbranched alkanes of at least 4 members (excludes halogenated alkanes) is 2. The van der Waals surface area contributed by atoms with Gasteiger partial charge in [0.05, 0.1) is 6.10 Å². The summed E-state index contributed by atoms with van der Waals surface area (Å²) in [6, 6.07) is 0. The molecule has 4 aliphatic rings. The zero-order valence-corrected chi connectivity index (χ0v) is 19.4. The van der Waals surface area contributed by atoms with Gasteiger partial charge >= 0.3 is 0 Å². The maximum atomic E-state index is 12.6. The second-order valence-corrected chi connectivity index (χ2v) is 10.7. The summed E-state index contributed by atoms with van der Waals surface area (Å²) in [4.78, 5) is 16.8. The Bertz CT molecular complexity index is 722. The molecule has 0 aromatic heterocycles. The second-order valence-electron chi connectivity index (χ2n) is 10.7. The first-order chi connectivity index (χ1) is 14.5. The largest absolute Gasteiger partial charge is 0.374 e. The molecule has 0 saturated heterocycles. The number of fused-ring (bicyclic) bond motifs is 5. The van der Waals surface area contributed by atoms with E-state index >= 15 is 0 Å². The molecule has 0 radical (unpaired) electrons. The first kappa shape index (κ1) is 22.0. The fourth-order valence-corrected chi connectivity index (χ4v) is 7.39. The molecular formula is C27H41NO2. The third-order valence-electron chi connectivity index (χ3n) is 9.18. The van der Waals surface area contributed by atoms with Crippen LogP contribution in [0.1, 0.15) is 91.4 Å². The molecule has 0 spiro atoms. The lowest BCUT2D eigenvalue weighted by Gasteiger charge is -2.57. The van der Waals surface area contributed by atoms with Gasteiger partial charge in [0.15, 0.2) is 0 Å². The van der Waals surface area contributed by atoms with Crippen molar-refractivity contribution in [3.8, 4) is 0 Å². The third kappa shape index (κ3) is 3.99. The number of carbonyl (C=O) groups is 1. The fourth-order valence-electron chi connectivity index (χ4n) is 7.39. The molecule has 3 fully saturated rings. The number of rotatable bonds is 7. The highest BCUT2D eigenvalue weighted by Crippen LogP contribution is 2.64. The van der Waals surface area contributed by atoms with E-state index < -0.39 is 0 Å². The van der Waals surface area contributed by atoms with E-state index in [4.69, 9.17) is 4.74 Å². The van der Waals surface area contributed by atoms with Gasteiger partial charge in [-0.05, 0) is 94.3 Å². The molecule has 4 aliphatic carbocycles. The molecule has 30 heavy (non-hydrogen) atoms. The van der Waals surface area contributed by atoms with Crippen LogP contribution in [0, 0.1) is 28.6 Å². The summed E-state index contributed by atoms with van der Waals surface area (Å²) >= 11 is 0. The van der Waals surface area contributed by atoms with E-state index in [2.05, 4.69) is 24.9 Å². The maximum Gasteiger partial charge on any atom is 0.139 e. The topological polar surface area (TPSA) is 38.7 Å². The number of ketones is 1. The van der Waals surface area contributed by atoms with E-state index in [-0.39, 0.29) is 5.41 Å². The summed E-state index contributed by atoms with van der Waals surface area (Å²) in [5.74, 6) is 2.74. The van der Waals surface area contributed by atoms with Gasteiger partial charge in [-0.25, -0.2) is 0 Å². The van der Waals surface area contributed by atoms with Gasteiger partial charge in [-0.3, -0.25) is 9.79 Å². The molecule has 3 saturated carbocycles. The monoisotopic (exact) mass is 411 g/mol. The zero-order valence-electron chi connectivity index (χ0n) is 19.4. The highest BCUT2D eigenvalue weighted by molar-refractivity contribution is 5.87. The molecule has 3 unspecified atom stereocenters. The van der Waals surface area contributed by atoms with Crippen LogP contribution < -0.4 is 0 Å². The van der Waals surface area contributed by atoms with E-state index in [0.717, 1.165) is 63.4 Å². The van der Waals surface area contributed by atoms with E-state index in [1.807, 2.05) is 25.4 Å². The molecule has 0 aliphatic heterocycles. The van der Waals surface area contributed by atoms with Gasteiger partial charge in [-0.15, -0.1) is 0 Å². The number of hydrogen-bond acceptors (Lipinski definition) is 3. The Morgan fingerprint density at radius 2 is 1.87 bits per heavy atom. The van der Waals surface area contributed by atoms with Crippen LogP contribution in [-0.4, -0.2) is 24.7 Å². The minimum atomic E-state index is -0.00338. The van der Waals surface area contributed by atoms with Crippen LogP contribution >= 0.6 is 0 Å². The number of aliphatic imine (C=N–C) groups is 1. The molecule has 0 bridgehead atoms. The summed E-state index contributed by atoms with van der Waals surface area (Å²) in [6.45, 7) is 7.67. The Labute approximate surface area is 183 Å². The van der Waals surface area contributed by atoms with Gasteiger partial charge in [0.1, 0.15) is 5.78 Å². The van der Waals surface area contributed by atoms with Crippen molar-refractivity contribution in [2.75, 3.05) is 6.61 Å². The third-order valence-corrected chi connectivity index (χ3v) is 9.18. The Balaban J connectivity index is 1.32. The summed E-state index contributed by atoms with van der Waals surface area (Å²) < 4.78 is 6.26. The van der Waals surface area contributed by atoms with E-state index in [1.54, 1.807) is 5.57 Å². The molecule has 6 atom stereocenters. The quantitative estimate of drug-likeness (QED) is 0.266. The number of ether oxygens (including phenoxy) is 1. The predicted molar refractivity (Wildman–Crippen MR) is 124 cm³/mol. The summed E-state index contributed by atoms with van der Waals surface area (Å²) in [5, 5.41) is 0. The standard InChI is InChI=1S/C27H41NO2/c1-4-16-28-17-6-5-7-18-30-21-12-14-26(2)20(19-21)8-9-22-23-10-11-25(29)27(23,3)15-13-24(22)26/h4,16-17,19,21-24H,5-15,18H2,1-3H3/b16-4-,28-17-/t21-,22?,23?,24?,26-,27-/m0/s1. The Kier molecular flexibility index (Phi) is 6.67. The predicted octanol–water partition coefficient (Wildman–Crippen LogP) is 6.68. The minimum Gasteiger partial charge on any atom is -0.374 e. The number of nitrogens with zero attached hydrogens (tertiary/aromatic N) is 1. The summed E-state index contributed by atoms with van der Waals surface area (Å²) in [7, 11) is 0. The van der Waals surface area contributed by atoms with Crippen molar-refractivity contribution in [1.29, 1.82) is 0 Å². The number of carbonyl (C=O) groups excluding carboxylic acids is 1. The van der Waals surface area contributed by atoms with Crippen molar-refractivity contribution < 1.29 is 9.53 Å². The van der Waals surface area contributed by atoms with Crippen LogP contribution in [-0.2, 0) is 9.53 Å². The van der Waals surface area contributed by atoms with Crippen molar-refractivity contribution in [1.82, 2.24) is 0 Å². The van der Waals surface area contributed by atoms with Crippen LogP contribution in [0.4, 0.5) is 0 Å². The van der Waals surface area contributed by atoms with Crippen molar-refractivity contribution in [2.45, 2.75) is 97.5 Å². The molecule has 0 aromatic carbocycles. The normalized spacial score (nSPS) is 41.0. The van der Waals surface area contributed by atoms with Gasteiger partial charge in [0.25, 0.3) is 0 Å². The van der Waals surface area contributed by atoms with Crippen LogP contribution in [0.15, 0.2) is 28.9 Å². The average Bonchev–Trinajstić information content (AvgIpc) is 3.05. The highest BCUT2D eigenvalue weighted by Gasteiger charge is 2.58. The van der Waals surface area contributed by atoms with Gasteiger partial charge in [-0.2, -0.15) is 0 Å². The Morgan fingerprint density at radius 1 is 1.07 bits per heavy atom. The summed E-state index contributed by atoms with van der Waals surface area (Å²) in [5.41, 5.74) is 2.02. The van der Waals surface area contributed by atoms with E-state index in [1.165, 1.54) is 25.7 Å². The zero-order chi connectivity index (χ0) is 21.2. The minimum absolute atomic E-state index is 0.00338. The Morgan fingerprint density at radius 3 is 2.70 bits per heavy atom. The first-order valence-electron chi connectivity index (χ1n) is 12.5. The van der Waals surface area contributed by atoms with Crippen LogP contribution in [0.25, 0.3) is 0 Å². The molecule has 3 nitrogen and oxygen atoms in total. The molecule has 166 valence electrons. The Hall–Kier alpha value is -1.22. The molecule has 0 heterocycles. The molecule has 0 aromatic rings. The van der Waals surface area contributed by atoms with Crippen molar-refractivity contribution in [2.24, 2.45) is 33.6 Å². The lowest BCUT2D eigenvalue weighted by atomic mass is 9.47. The summed E-state index contributed by atoms with van der Waals surface area (Å²) in [6.07, 6.45) is 21.2. The van der Waals surface area contributed by atoms with Gasteiger partial charge in [-0.1, -0.05) is 31.6 Å². The molecule has 4 rings (SSSR count). The van der Waals surface area contributed by atoms with Crippen LogP contribution in [0.3, 0.4) is 0 Å². The fraction of sp³-hybridized carbons (Fsp3) is 0.778.